The fourth-order valence-electron chi connectivity index (χ4n) is 2.90. The van der Waals surface area contributed by atoms with Crippen molar-refractivity contribution in [2.24, 2.45) is 0 Å². The van der Waals surface area contributed by atoms with E-state index in [1.54, 1.807) is 24.4 Å². The average Bonchev–Trinajstić information content (AvgIpc) is 2.65. The Kier molecular flexibility index (Phi) is 5.12. The zero-order chi connectivity index (χ0) is 17.9. The first kappa shape index (κ1) is 17.5. The first-order valence-corrected chi connectivity index (χ1v) is 9.44. The van der Waals surface area contributed by atoms with Crippen LogP contribution in [0.15, 0.2) is 54.1 Å². The van der Waals surface area contributed by atoms with E-state index >= 15 is 0 Å². The highest BCUT2D eigenvalue weighted by atomic mass is 32.2. The molecular weight excluding hydrogens is 340 g/mol. The van der Waals surface area contributed by atoms with E-state index in [2.05, 4.69) is 22.2 Å². The smallest absolute Gasteiger partial charge is 0.246 e. The molecular formula is C17H20N4O3S. The number of rotatable bonds is 5. The Morgan fingerprint density at radius 1 is 1.40 bits per heavy atom. The third-order valence-electron chi connectivity index (χ3n) is 4.10. The second-order valence-corrected chi connectivity index (χ2v) is 7.56. The van der Waals surface area contributed by atoms with E-state index in [1.807, 2.05) is 12.1 Å². The van der Waals surface area contributed by atoms with Gasteiger partial charge < -0.3 is 10.6 Å². The standard InChI is InChI=1S/C17H20N4O3S/c1-2-8-20-17(22)14-12-18-10-11-21(14)25(23,24)15-7-3-5-13-6-4-9-19-16(13)15/h2-7,9,14,18H,1,8,10-12H2,(H,20,22)/t14-/m1/s1. The number of nitrogens with zero attached hydrogens (tertiary/aromatic N) is 2. The first-order valence-electron chi connectivity index (χ1n) is 8.00. The van der Waals surface area contributed by atoms with Crippen molar-refractivity contribution in [3.63, 3.8) is 0 Å². The van der Waals surface area contributed by atoms with Crippen molar-refractivity contribution in [3.8, 4) is 0 Å². The molecule has 7 nitrogen and oxygen atoms in total. The lowest BCUT2D eigenvalue weighted by Crippen LogP contribution is -2.59. The van der Waals surface area contributed by atoms with Crippen LogP contribution in [0.25, 0.3) is 10.9 Å². The van der Waals surface area contributed by atoms with E-state index in [0.29, 0.717) is 18.6 Å². The minimum atomic E-state index is -3.86. The summed E-state index contributed by atoms with van der Waals surface area (Å²) < 4.78 is 27.8. The van der Waals surface area contributed by atoms with Crippen LogP contribution in [0.5, 0.6) is 0 Å². The van der Waals surface area contributed by atoms with E-state index < -0.39 is 16.1 Å². The molecule has 1 aromatic heterocycles. The molecule has 0 spiro atoms. The summed E-state index contributed by atoms with van der Waals surface area (Å²) in [5.74, 6) is -0.344. The van der Waals surface area contributed by atoms with Gasteiger partial charge in [-0.2, -0.15) is 4.31 Å². The van der Waals surface area contributed by atoms with Gasteiger partial charge in [0.25, 0.3) is 0 Å². The third kappa shape index (κ3) is 3.41. The van der Waals surface area contributed by atoms with Gasteiger partial charge in [-0.15, -0.1) is 6.58 Å². The largest absolute Gasteiger partial charge is 0.351 e. The fourth-order valence-corrected chi connectivity index (χ4v) is 4.65. The van der Waals surface area contributed by atoms with Gasteiger partial charge in [0.15, 0.2) is 0 Å². The molecule has 0 bridgehead atoms. The molecule has 2 heterocycles. The Bertz CT molecular complexity index is 892. The van der Waals surface area contributed by atoms with Crippen LogP contribution in [0.2, 0.25) is 0 Å². The molecule has 1 aliphatic heterocycles. The zero-order valence-corrected chi connectivity index (χ0v) is 14.5. The predicted octanol–water partition coefficient (Wildman–Crippen LogP) is 0.500. The maximum absolute atomic E-state index is 13.2. The highest BCUT2D eigenvalue weighted by Crippen LogP contribution is 2.25. The first-order chi connectivity index (χ1) is 12.1. The number of hydrogen-bond acceptors (Lipinski definition) is 5. The topological polar surface area (TPSA) is 91.4 Å². The van der Waals surface area contributed by atoms with Crippen molar-refractivity contribution < 1.29 is 13.2 Å². The third-order valence-corrected chi connectivity index (χ3v) is 6.04. The second-order valence-electron chi connectivity index (χ2n) is 5.70. The highest BCUT2D eigenvalue weighted by Gasteiger charge is 2.38. The molecule has 1 aromatic carbocycles. The number of fused-ring (bicyclic) bond motifs is 1. The molecule has 1 amide bonds. The number of pyridine rings is 1. The number of para-hydroxylation sites is 1. The number of sulfonamides is 1. The monoisotopic (exact) mass is 360 g/mol. The second kappa shape index (κ2) is 7.30. The van der Waals surface area contributed by atoms with Crippen molar-refractivity contribution in [2.45, 2.75) is 10.9 Å². The molecule has 0 unspecified atom stereocenters. The summed E-state index contributed by atoms with van der Waals surface area (Å²) in [4.78, 5) is 16.7. The Hall–Kier alpha value is -2.29. The summed E-state index contributed by atoms with van der Waals surface area (Å²) in [6, 6.07) is 7.80. The van der Waals surface area contributed by atoms with Gasteiger partial charge in [0.1, 0.15) is 10.9 Å². The zero-order valence-electron chi connectivity index (χ0n) is 13.7. The van der Waals surface area contributed by atoms with Crippen LogP contribution in [0, 0.1) is 0 Å². The number of piperazine rings is 1. The lowest BCUT2D eigenvalue weighted by Gasteiger charge is -2.34. The average molecular weight is 360 g/mol. The maximum Gasteiger partial charge on any atom is 0.246 e. The van der Waals surface area contributed by atoms with Crippen LogP contribution < -0.4 is 10.6 Å². The quantitative estimate of drug-likeness (QED) is 0.758. The molecule has 1 saturated heterocycles. The van der Waals surface area contributed by atoms with Gasteiger partial charge in [-0.1, -0.05) is 24.3 Å². The van der Waals surface area contributed by atoms with Crippen molar-refractivity contribution in [1.82, 2.24) is 19.9 Å². The number of carbonyl (C=O) groups is 1. The number of benzene rings is 1. The van der Waals surface area contributed by atoms with Gasteiger partial charge in [0.2, 0.25) is 15.9 Å². The molecule has 8 heteroatoms. The molecule has 3 rings (SSSR count). The Morgan fingerprint density at radius 2 is 2.20 bits per heavy atom. The van der Waals surface area contributed by atoms with Crippen molar-refractivity contribution >= 4 is 26.8 Å². The van der Waals surface area contributed by atoms with E-state index in [4.69, 9.17) is 0 Å². The number of nitrogens with one attached hydrogen (secondary N) is 2. The Balaban J connectivity index is 2.01. The summed E-state index contributed by atoms with van der Waals surface area (Å²) in [5, 5.41) is 6.49. The number of carbonyl (C=O) groups excluding carboxylic acids is 1. The number of hydrogen-bond donors (Lipinski definition) is 2. The molecule has 1 fully saturated rings. The molecule has 0 saturated carbocycles. The van der Waals surface area contributed by atoms with Crippen LogP contribution in [-0.4, -0.2) is 55.8 Å². The van der Waals surface area contributed by atoms with E-state index in [-0.39, 0.29) is 23.9 Å². The normalized spacial score (nSPS) is 18.8. The summed E-state index contributed by atoms with van der Waals surface area (Å²) in [7, 11) is -3.86. The van der Waals surface area contributed by atoms with Crippen LogP contribution in [0.1, 0.15) is 0 Å². The van der Waals surface area contributed by atoms with Crippen LogP contribution in [-0.2, 0) is 14.8 Å². The Labute approximate surface area is 146 Å². The van der Waals surface area contributed by atoms with Gasteiger partial charge in [0.05, 0.1) is 5.52 Å². The minimum absolute atomic E-state index is 0.119. The number of amides is 1. The van der Waals surface area contributed by atoms with Gasteiger partial charge >= 0.3 is 0 Å². The summed E-state index contributed by atoms with van der Waals surface area (Å²) in [5.41, 5.74) is 0.411. The van der Waals surface area contributed by atoms with Gasteiger partial charge in [-0.25, -0.2) is 8.42 Å². The van der Waals surface area contributed by atoms with Crippen molar-refractivity contribution in [2.75, 3.05) is 26.2 Å². The summed E-state index contributed by atoms with van der Waals surface area (Å²) in [6.07, 6.45) is 3.12. The highest BCUT2D eigenvalue weighted by molar-refractivity contribution is 7.89. The molecule has 0 radical (unpaired) electrons. The predicted molar refractivity (Wildman–Crippen MR) is 95.5 cm³/mol. The molecule has 0 aliphatic carbocycles. The number of aromatic nitrogens is 1. The summed E-state index contributed by atoms with van der Waals surface area (Å²) >= 11 is 0. The molecule has 2 N–H and O–H groups in total. The van der Waals surface area contributed by atoms with E-state index in [1.165, 1.54) is 10.4 Å². The molecule has 25 heavy (non-hydrogen) atoms. The van der Waals surface area contributed by atoms with Gasteiger partial charge in [0, 0.05) is 37.8 Å². The summed E-state index contributed by atoms with van der Waals surface area (Å²) in [6.45, 7) is 4.82. The van der Waals surface area contributed by atoms with Crippen LogP contribution in [0.4, 0.5) is 0 Å². The molecule has 1 aliphatic rings. The maximum atomic E-state index is 13.2. The van der Waals surface area contributed by atoms with Crippen molar-refractivity contribution in [3.05, 3.63) is 49.2 Å². The lowest BCUT2D eigenvalue weighted by molar-refractivity contribution is -0.125. The van der Waals surface area contributed by atoms with Gasteiger partial charge in [-0.3, -0.25) is 9.78 Å². The molecule has 132 valence electrons. The van der Waals surface area contributed by atoms with E-state index in [9.17, 15) is 13.2 Å². The van der Waals surface area contributed by atoms with E-state index in [0.717, 1.165) is 5.39 Å². The van der Waals surface area contributed by atoms with Crippen molar-refractivity contribution in [1.29, 1.82) is 0 Å². The SMILES string of the molecule is C=CCNC(=O)[C@H]1CNCCN1S(=O)(=O)c1cccc2cccnc12. The Morgan fingerprint density at radius 3 is 3.00 bits per heavy atom. The van der Waals surface area contributed by atoms with Gasteiger partial charge in [-0.05, 0) is 12.1 Å². The lowest BCUT2D eigenvalue weighted by atomic mass is 10.2. The van der Waals surface area contributed by atoms with Crippen LogP contribution >= 0.6 is 0 Å². The minimum Gasteiger partial charge on any atom is -0.351 e. The molecule has 1 atom stereocenters. The van der Waals surface area contributed by atoms with Crippen LogP contribution in [0.3, 0.4) is 0 Å². The fraction of sp³-hybridized carbons (Fsp3) is 0.294. The molecule has 2 aromatic rings.